The van der Waals surface area contributed by atoms with Crippen molar-refractivity contribution in [3.8, 4) is 11.5 Å². The van der Waals surface area contributed by atoms with E-state index in [2.05, 4.69) is 4.98 Å². The fraction of sp³-hybridized carbons (Fsp3) is 0.160. The fourth-order valence-electron chi connectivity index (χ4n) is 4.04. The number of Topliss-reactive ketones (excluding diaryl/α,β-unsaturated/α-hetero) is 1. The first-order valence-electron chi connectivity index (χ1n) is 10.2. The van der Waals surface area contributed by atoms with E-state index in [-0.39, 0.29) is 33.5 Å². The molecule has 1 atom stereocenters. The van der Waals surface area contributed by atoms with Crippen molar-refractivity contribution in [1.82, 2.24) is 9.88 Å². The zero-order valence-corrected chi connectivity index (χ0v) is 19.8. The molecule has 1 aliphatic rings. The van der Waals surface area contributed by atoms with Gasteiger partial charge in [0.1, 0.15) is 17.3 Å². The zero-order valence-electron chi connectivity index (χ0n) is 18.3. The van der Waals surface area contributed by atoms with E-state index in [0.29, 0.717) is 16.9 Å². The monoisotopic (exact) mass is 498 g/mol. The van der Waals surface area contributed by atoms with E-state index in [1.807, 2.05) is 0 Å². The number of aromatic nitrogens is 1. The Morgan fingerprint density at radius 3 is 2.53 bits per heavy atom. The second-order valence-corrected chi connectivity index (χ2v) is 8.34. The van der Waals surface area contributed by atoms with Crippen molar-refractivity contribution in [2.24, 2.45) is 0 Å². The topological polar surface area (TPSA) is 89.0 Å². The molecule has 9 heteroatoms. The Morgan fingerprint density at radius 2 is 1.85 bits per heavy atom. The summed E-state index contributed by atoms with van der Waals surface area (Å²) in [6.07, 6.45) is 3.23. The molecule has 1 aliphatic heterocycles. The second kappa shape index (κ2) is 9.75. The van der Waals surface area contributed by atoms with Crippen LogP contribution in [0.25, 0.3) is 5.76 Å². The van der Waals surface area contributed by atoms with Crippen molar-refractivity contribution in [2.45, 2.75) is 12.6 Å². The van der Waals surface area contributed by atoms with Gasteiger partial charge in [-0.2, -0.15) is 0 Å². The molecule has 0 bridgehead atoms. The lowest BCUT2D eigenvalue weighted by molar-refractivity contribution is -0.140. The number of carbonyl (C=O) groups is 2. The normalized spacial score (nSPS) is 17.2. The van der Waals surface area contributed by atoms with E-state index in [0.717, 1.165) is 0 Å². The number of hydrogen-bond donors (Lipinski definition) is 1. The Kier molecular flexibility index (Phi) is 6.77. The van der Waals surface area contributed by atoms with Crippen LogP contribution in [0.15, 0.2) is 66.5 Å². The van der Waals surface area contributed by atoms with Crippen molar-refractivity contribution in [2.75, 3.05) is 14.2 Å². The van der Waals surface area contributed by atoms with Gasteiger partial charge in [-0.05, 0) is 29.8 Å². The zero-order chi connectivity index (χ0) is 24.4. The van der Waals surface area contributed by atoms with Crippen LogP contribution in [0.4, 0.5) is 0 Å². The third kappa shape index (κ3) is 4.20. The number of pyridine rings is 1. The van der Waals surface area contributed by atoms with Crippen LogP contribution in [0.2, 0.25) is 10.0 Å². The van der Waals surface area contributed by atoms with Crippen LogP contribution in [0, 0.1) is 0 Å². The van der Waals surface area contributed by atoms with Gasteiger partial charge in [0.25, 0.3) is 11.7 Å². The number of para-hydroxylation sites is 1. The quantitative estimate of drug-likeness (QED) is 0.291. The summed E-state index contributed by atoms with van der Waals surface area (Å²) in [5.74, 6) is -1.50. The minimum absolute atomic E-state index is 0.0886. The smallest absolute Gasteiger partial charge is 0.295 e. The van der Waals surface area contributed by atoms with Crippen LogP contribution < -0.4 is 9.47 Å². The van der Waals surface area contributed by atoms with Gasteiger partial charge in [-0.3, -0.25) is 14.6 Å². The summed E-state index contributed by atoms with van der Waals surface area (Å²) >= 11 is 12.4. The van der Waals surface area contributed by atoms with Crippen molar-refractivity contribution in [3.63, 3.8) is 0 Å². The molecular formula is C25H20Cl2N2O5. The number of nitrogens with zero attached hydrogens (tertiary/aromatic N) is 2. The van der Waals surface area contributed by atoms with Crippen LogP contribution in [0.5, 0.6) is 11.5 Å². The number of aliphatic hydroxyl groups is 1. The molecule has 4 rings (SSSR count). The first-order chi connectivity index (χ1) is 16.4. The van der Waals surface area contributed by atoms with Gasteiger partial charge in [0, 0.05) is 29.5 Å². The third-order valence-corrected chi connectivity index (χ3v) is 6.02. The van der Waals surface area contributed by atoms with Crippen LogP contribution in [-0.4, -0.2) is 40.9 Å². The molecule has 0 aliphatic carbocycles. The van der Waals surface area contributed by atoms with Crippen LogP contribution in [0.3, 0.4) is 0 Å². The first kappa shape index (κ1) is 23.6. The first-order valence-corrected chi connectivity index (χ1v) is 11.0. The molecule has 1 N–H and O–H groups in total. The standard InChI is InChI=1S/C25H20Cl2N2O5/c1-33-19-8-4-3-7-16(19)21-20(22(30)17-10-15(26)11-18(27)24(17)34-2)23(31)25(32)29(21)13-14-6-5-9-28-12-14/h3-12,21,30H,13H2,1-2H3/b22-20+. The van der Waals surface area contributed by atoms with Gasteiger partial charge in [-0.15, -0.1) is 0 Å². The van der Waals surface area contributed by atoms with Gasteiger partial charge in [-0.1, -0.05) is 47.5 Å². The highest BCUT2D eigenvalue weighted by Crippen LogP contribution is 2.45. The Bertz CT molecular complexity index is 1290. The predicted octanol–water partition coefficient (Wildman–Crippen LogP) is 5.03. The average Bonchev–Trinajstić information content (AvgIpc) is 3.08. The second-order valence-electron chi connectivity index (χ2n) is 7.50. The molecule has 1 amide bonds. The molecular weight excluding hydrogens is 479 g/mol. The van der Waals surface area contributed by atoms with Gasteiger partial charge in [0.2, 0.25) is 0 Å². The molecule has 174 valence electrons. The van der Waals surface area contributed by atoms with Gasteiger partial charge >= 0.3 is 0 Å². The number of amides is 1. The molecule has 1 fully saturated rings. The molecule has 0 spiro atoms. The molecule has 34 heavy (non-hydrogen) atoms. The maximum Gasteiger partial charge on any atom is 0.295 e. The number of aliphatic hydroxyl groups excluding tert-OH is 1. The summed E-state index contributed by atoms with van der Waals surface area (Å²) < 4.78 is 10.9. The minimum Gasteiger partial charge on any atom is -0.507 e. The number of ether oxygens (including phenoxy) is 2. The Balaban J connectivity index is 1.97. The molecule has 0 radical (unpaired) electrons. The lowest BCUT2D eigenvalue weighted by Crippen LogP contribution is -2.29. The van der Waals surface area contributed by atoms with Gasteiger partial charge in [0.05, 0.1) is 36.4 Å². The van der Waals surface area contributed by atoms with Gasteiger partial charge in [0.15, 0.2) is 0 Å². The highest BCUT2D eigenvalue weighted by molar-refractivity contribution is 6.46. The summed E-state index contributed by atoms with van der Waals surface area (Å²) in [6.45, 7) is 0.0886. The van der Waals surface area contributed by atoms with Gasteiger partial charge < -0.3 is 19.5 Å². The number of benzene rings is 2. The summed E-state index contributed by atoms with van der Waals surface area (Å²) in [5.41, 5.74) is 1.21. The van der Waals surface area contributed by atoms with E-state index < -0.39 is 23.5 Å². The molecule has 0 saturated carbocycles. The molecule has 1 aromatic heterocycles. The summed E-state index contributed by atoms with van der Waals surface area (Å²) in [5, 5.41) is 11.8. The number of likely N-dealkylation sites (tertiary alicyclic amines) is 1. The van der Waals surface area contributed by atoms with Crippen molar-refractivity contribution >= 4 is 40.7 Å². The summed E-state index contributed by atoms with van der Waals surface area (Å²) in [4.78, 5) is 32.0. The van der Waals surface area contributed by atoms with Crippen LogP contribution in [-0.2, 0) is 16.1 Å². The lowest BCUT2D eigenvalue weighted by atomic mass is 9.94. The number of hydrogen-bond acceptors (Lipinski definition) is 6. The molecule has 1 saturated heterocycles. The Morgan fingerprint density at radius 1 is 1.09 bits per heavy atom. The molecule has 2 aromatic carbocycles. The number of carbonyl (C=O) groups excluding carboxylic acids is 2. The highest BCUT2D eigenvalue weighted by Gasteiger charge is 2.47. The van der Waals surface area contributed by atoms with Crippen LogP contribution >= 0.6 is 23.2 Å². The molecule has 2 heterocycles. The van der Waals surface area contributed by atoms with E-state index in [1.165, 1.54) is 31.3 Å². The fourth-order valence-corrected chi connectivity index (χ4v) is 4.61. The number of rotatable bonds is 6. The molecule has 7 nitrogen and oxygen atoms in total. The van der Waals surface area contributed by atoms with Crippen molar-refractivity contribution in [3.05, 3.63) is 93.2 Å². The maximum atomic E-state index is 13.3. The van der Waals surface area contributed by atoms with E-state index in [1.54, 1.807) is 48.8 Å². The van der Waals surface area contributed by atoms with Crippen molar-refractivity contribution in [1.29, 1.82) is 0 Å². The predicted molar refractivity (Wildman–Crippen MR) is 128 cm³/mol. The number of methoxy groups -OCH3 is 2. The van der Waals surface area contributed by atoms with E-state index in [9.17, 15) is 14.7 Å². The highest BCUT2D eigenvalue weighted by atomic mass is 35.5. The summed E-state index contributed by atoms with van der Waals surface area (Å²) in [6, 6.07) is 12.5. The minimum atomic E-state index is -0.946. The molecule has 3 aromatic rings. The Hall–Kier alpha value is -3.55. The van der Waals surface area contributed by atoms with Crippen molar-refractivity contribution < 1.29 is 24.2 Å². The lowest BCUT2D eigenvalue weighted by Gasteiger charge is -2.26. The SMILES string of the molecule is COc1ccccc1C1/C(=C(\O)c2cc(Cl)cc(Cl)c2OC)C(=O)C(=O)N1Cc1cccnc1. The molecule has 1 unspecified atom stereocenters. The number of ketones is 1. The summed E-state index contributed by atoms with van der Waals surface area (Å²) in [7, 11) is 2.87. The van der Waals surface area contributed by atoms with Gasteiger partial charge in [-0.25, -0.2) is 0 Å². The number of halogens is 2. The average molecular weight is 499 g/mol. The van der Waals surface area contributed by atoms with E-state index >= 15 is 0 Å². The van der Waals surface area contributed by atoms with E-state index in [4.69, 9.17) is 32.7 Å². The largest absolute Gasteiger partial charge is 0.507 e. The Labute approximate surface area is 206 Å². The third-order valence-electron chi connectivity index (χ3n) is 5.52. The maximum absolute atomic E-state index is 13.3. The van der Waals surface area contributed by atoms with Crippen LogP contribution in [0.1, 0.15) is 22.7 Å².